The number of hydrogen-bond donors (Lipinski definition) is 1. The molecule has 4 heterocycles. The van der Waals surface area contributed by atoms with Gasteiger partial charge in [-0.15, -0.1) is 0 Å². The molecule has 2 saturated heterocycles. The Morgan fingerprint density at radius 2 is 1.83 bits per heavy atom. The van der Waals surface area contributed by atoms with Crippen LogP contribution in [0.3, 0.4) is 0 Å². The molecule has 0 saturated carbocycles. The Kier molecular flexibility index (Phi) is 6.48. The minimum absolute atomic E-state index is 0.180. The normalized spacial score (nSPS) is 19.0. The van der Waals surface area contributed by atoms with Crippen LogP contribution >= 0.6 is 0 Å². The van der Waals surface area contributed by atoms with Crippen molar-refractivity contribution in [1.82, 2.24) is 19.3 Å². The number of nitrogens with one attached hydrogen (secondary N) is 1. The van der Waals surface area contributed by atoms with Crippen molar-refractivity contribution in [3.05, 3.63) is 36.4 Å². The first-order valence-corrected chi connectivity index (χ1v) is 12.3. The summed E-state index contributed by atoms with van der Waals surface area (Å²) in [6.07, 6.45) is 8.89. The van der Waals surface area contributed by atoms with Crippen LogP contribution in [0.2, 0.25) is 0 Å². The second-order valence-electron chi connectivity index (χ2n) is 7.94. The summed E-state index contributed by atoms with van der Waals surface area (Å²) in [5, 5.41) is 3.41. The lowest BCUT2D eigenvalue weighted by molar-refractivity contribution is 0.346. The van der Waals surface area contributed by atoms with Gasteiger partial charge in [-0.3, -0.25) is 0 Å². The Hall–Kier alpha value is -2.26. The number of aryl methyl sites for hydroxylation is 1. The molecule has 2 fully saturated rings. The highest BCUT2D eigenvalue weighted by Crippen LogP contribution is 2.27. The molecule has 0 aromatic carbocycles. The lowest BCUT2D eigenvalue weighted by Gasteiger charge is -2.34. The molecule has 1 N–H and O–H groups in total. The second-order valence-corrected chi connectivity index (χ2v) is 9.85. The maximum atomic E-state index is 13.2. The quantitative estimate of drug-likeness (QED) is 0.753. The van der Waals surface area contributed by atoms with Gasteiger partial charge in [-0.05, 0) is 44.2 Å². The van der Waals surface area contributed by atoms with E-state index in [-0.39, 0.29) is 10.9 Å². The summed E-state index contributed by atoms with van der Waals surface area (Å²) in [7, 11) is -3.52. The van der Waals surface area contributed by atoms with E-state index in [4.69, 9.17) is 0 Å². The fourth-order valence-electron chi connectivity index (χ4n) is 4.15. The van der Waals surface area contributed by atoms with E-state index in [9.17, 15) is 8.42 Å². The molecule has 9 heteroatoms. The van der Waals surface area contributed by atoms with E-state index in [0.29, 0.717) is 18.9 Å². The summed E-state index contributed by atoms with van der Waals surface area (Å²) in [5.41, 5.74) is 1.04. The van der Waals surface area contributed by atoms with Crippen molar-refractivity contribution >= 4 is 21.7 Å². The third kappa shape index (κ3) is 4.57. The van der Waals surface area contributed by atoms with Crippen LogP contribution in [0, 0.1) is 0 Å². The van der Waals surface area contributed by atoms with Gasteiger partial charge >= 0.3 is 0 Å². The van der Waals surface area contributed by atoms with Crippen molar-refractivity contribution in [1.29, 1.82) is 0 Å². The summed E-state index contributed by atoms with van der Waals surface area (Å²) < 4.78 is 27.9. The third-order valence-corrected chi connectivity index (χ3v) is 7.87. The van der Waals surface area contributed by atoms with Crippen LogP contribution in [-0.2, 0) is 16.4 Å². The Bertz CT molecular complexity index is 953. The highest BCUT2D eigenvalue weighted by molar-refractivity contribution is 7.89. The number of sulfonamides is 1. The number of nitrogens with zero attached hydrogens (tertiary/aromatic N) is 5. The van der Waals surface area contributed by atoms with Crippen molar-refractivity contribution in [2.75, 3.05) is 36.4 Å². The number of piperidine rings is 2. The molecule has 0 amide bonds. The number of rotatable bonds is 6. The van der Waals surface area contributed by atoms with E-state index >= 15 is 0 Å². The Balaban J connectivity index is 1.43. The SMILES string of the molecule is CCc1cc(N2CCC(Nc3ncccc3S(=O)(=O)N3CCCCC3)CC2)ncn1. The van der Waals surface area contributed by atoms with Gasteiger partial charge in [0.25, 0.3) is 0 Å². The van der Waals surface area contributed by atoms with Crippen LogP contribution in [0.4, 0.5) is 11.6 Å². The molecular weight excluding hydrogens is 400 g/mol. The Morgan fingerprint density at radius 1 is 1.07 bits per heavy atom. The maximum absolute atomic E-state index is 13.2. The maximum Gasteiger partial charge on any atom is 0.246 e. The van der Waals surface area contributed by atoms with Crippen molar-refractivity contribution in [3.63, 3.8) is 0 Å². The zero-order chi connectivity index (χ0) is 21.0. The molecule has 0 spiro atoms. The minimum atomic E-state index is -3.52. The zero-order valence-corrected chi connectivity index (χ0v) is 18.3. The van der Waals surface area contributed by atoms with Gasteiger partial charge < -0.3 is 10.2 Å². The number of anilines is 2. The first kappa shape index (κ1) is 21.0. The lowest BCUT2D eigenvalue weighted by atomic mass is 10.0. The van der Waals surface area contributed by atoms with Crippen LogP contribution in [0.1, 0.15) is 44.7 Å². The summed E-state index contributed by atoms with van der Waals surface area (Å²) in [6, 6.07) is 5.60. The Morgan fingerprint density at radius 3 is 2.57 bits per heavy atom. The van der Waals surface area contributed by atoms with E-state index in [2.05, 4.69) is 38.2 Å². The van der Waals surface area contributed by atoms with Crippen LogP contribution in [0.5, 0.6) is 0 Å². The van der Waals surface area contributed by atoms with Crippen LogP contribution in [0.25, 0.3) is 0 Å². The second kappa shape index (κ2) is 9.26. The van der Waals surface area contributed by atoms with E-state index in [0.717, 1.165) is 63.1 Å². The number of pyridine rings is 1. The van der Waals surface area contributed by atoms with Crippen molar-refractivity contribution < 1.29 is 8.42 Å². The molecule has 162 valence electrons. The molecule has 8 nitrogen and oxygen atoms in total. The van der Waals surface area contributed by atoms with Gasteiger partial charge in [0.15, 0.2) is 0 Å². The molecule has 2 aromatic heterocycles. The summed E-state index contributed by atoms with van der Waals surface area (Å²) in [5.74, 6) is 1.43. The van der Waals surface area contributed by atoms with Crippen LogP contribution in [-0.4, -0.2) is 59.9 Å². The molecule has 2 aliphatic rings. The van der Waals surface area contributed by atoms with Gasteiger partial charge in [-0.25, -0.2) is 23.4 Å². The Labute approximate surface area is 178 Å². The van der Waals surface area contributed by atoms with Gasteiger partial charge in [0.1, 0.15) is 22.9 Å². The summed E-state index contributed by atoms with van der Waals surface area (Å²) in [4.78, 5) is 15.6. The van der Waals surface area contributed by atoms with Gasteiger partial charge in [-0.1, -0.05) is 13.3 Å². The van der Waals surface area contributed by atoms with Crippen LogP contribution < -0.4 is 10.2 Å². The molecule has 30 heavy (non-hydrogen) atoms. The molecule has 0 radical (unpaired) electrons. The van der Waals surface area contributed by atoms with Gasteiger partial charge in [0.05, 0.1) is 0 Å². The van der Waals surface area contributed by atoms with Crippen LogP contribution in [0.15, 0.2) is 35.6 Å². The van der Waals surface area contributed by atoms with Crippen molar-refractivity contribution in [2.45, 2.75) is 56.4 Å². The van der Waals surface area contributed by atoms with E-state index < -0.39 is 10.0 Å². The van der Waals surface area contributed by atoms with Crippen molar-refractivity contribution in [2.24, 2.45) is 0 Å². The molecule has 0 unspecified atom stereocenters. The van der Waals surface area contributed by atoms with E-state index in [1.165, 1.54) is 0 Å². The fourth-order valence-corrected chi connectivity index (χ4v) is 5.77. The monoisotopic (exact) mass is 430 g/mol. The van der Waals surface area contributed by atoms with Gasteiger partial charge in [0, 0.05) is 50.2 Å². The zero-order valence-electron chi connectivity index (χ0n) is 17.5. The highest BCUT2D eigenvalue weighted by atomic mass is 32.2. The third-order valence-electron chi connectivity index (χ3n) is 5.93. The predicted octanol–water partition coefficient (Wildman–Crippen LogP) is 2.69. The van der Waals surface area contributed by atoms with E-state index in [1.807, 2.05) is 0 Å². The molecule has 2 aromatic rings. The van der Waals surface area contributed by atoms with Gasteiger partial charge in [-0.2, -0.15) is 4.31 Å². The first-order chi connectivity index (χ1) is 14.6. The molecule has 4 rings (SSSR count). The number of aromatic nitrogens is 3. The molecule has 0 bridgehead atoms. The fraction of sp³-hybridized carbons (Fsp3) is 0.571. The molecule has 0 aliphatic carbocycles. The molecular formula is C21H30N6O2S. The highest BCUT2D eigenvalue weighted by Gasteiger charge is 2.30. The molecule has 0 atom stereocenters. The number of hydrogen-bond acceptors (Lipinski definition) is 7. The largest absolute Gasteiger partial charge is 0.366 e. The first-order valence-electron chi connectivity index (χ1n) is 10.9. The smallest absolute Gasteiger partial charge is 0.246 e. The summed E-state index contributed by atoms with van der Waals surface area (Å²) >= 11 is 0. The van der Waals surface area contributed by atoms with Gasteiger partial charge in [0.2, 0.25) is 10.0 Å². The summed E-state index contributed by atoms with van der Waals surface area (Å²) in [6.45, 7) is 4.99. The lowest BCUT2D eigenvalue weighted by Crippen LogP contribution is -2.40. The van der Waals surface area contributed by atoms with E-state index in [1.54, 1.807) is 29.0 Å². The minimum Gasteiger partial charge on any atom is -0.366 e. The van der Waals surface area contributed by atoms with Crippen molar-refractivity contribution in [3.8, 4) is 0 Å². The standard InChI is InChI=1S/C21H30N6O2S/c1-2-17-15-20(24-16-23-17)26-13-8-18(9-14-26)25-21-19(7-6-10-22-21)30(28,29)27-11-4-3-5-12-27/h6-7,10,15-16,18H,2-5,8-9,11-14H2,1H3,(H,22,25). The average Bonchev–Trinajstić information content (AvgIpc) is 2.80. The molecule has 2 aliphatic heterocycles. The average molecular weight is 431 g/mol. The topological polar surface area (TPSA) is 91.3 Å². The predicted molar refractivity (Wildman–Crippen MR) is 117 cm³/mol.